The molecule has 0 aromatic heterocycles. The van der Waals surface area contributed by atoms with Gasteiger partial charge >= 0.3 is 12.1 Å². The maximum absolute atomic E-state index is 12.8. The summed E-state index contributed by atoms with van der Waals surface area (Å²) in [4.78, 5) is 10.9. The Morgan fingerprint density at radius 3 is 2.37 bits per heavy atom. The van der Waals surface area contributed by atoms with Gasteiger partial charge in [0.05, 0.1) is 7.11 Å². The van der Waals surface area contributed by atoms with E-state index < -0.39 is 18.2 Å². The predicted octanol–water partition coefficient (Wildman–Crippen LogP) is 3.29. The van der Waals surface area contributed by atoms with Crippen LogP contribution in [-0.2, 0) is 9.53 Å². The van der Waals surface area contributed by atoms with Crippen molar-refractivity contribution in [2.24, 2.45) is 0 Å². The molecule has 0 saturated carbocycles. The fourth-order valence-electron chi connectivity index (χ4n) is 1.53. The Labute approximate surface area is 109 Å². The highest BCUT2D eigenvalue weighted by molar-refractivity contribution is 5.69. The highest BCUT2D eigenvalue weighted by atomic mass is 19.4. The van der Waals surface area contributed by atoms with Gasteiger partial charge in [0, 0.05) is 12.1 Å². The minimum Gasteiger partial charge on any atom is -0.469 e. The van der Waals surface area contributed by atoms with Crippen LogP contribution in [-0.4, -0.2) is 25.3 Å². The first kappa shape index (κ1) is 15.3. The summed E-state index contributed by atoms with van der Waals surface area (Å²) in [6, 6.07) is 4.82. The summed E-state index contributed by atoms with van der Waals surface area (Å²) < 4.78 is 42.8. The molecule has 1 atom stereocenters. The van der Waals surface area contributed by atoms with Gasteiger partial charge < -0.3 is 10.1 Å². The molecule has 0 spiro atoms. The fourth-order valence-corrected chi connectivity index (χ4v) is 1.53. The van der Waals surface area contributed by atoms with Crippen molar-refractivity contribution in [2.45, 2.75) is 32.0 Å². The van der Waals surface area contributed by atoms with Crippen molar-refractivity contribution in [2.75, 3.05) is 12.4 Å². The van der Waals surface area contributed by atoms with Crippen LogP contribution in [0.5, 0.6) is 0 Å². The lowest BCUT2D eigenvalue weighted by atomic mass is 10.1. The lowest BCUT2D eigenvalue weighted by molar-refractivity contribution is -0.149. The Morgan fingerprint density at radius 2 is 1.89 bits per heavy atom. The molecule has 0 bridgehead atoms. The molecule has 0 fully saturated rings. The van der Waals surface area contributed by atoms with Crippen LogP contribution in [0.15, 0.2) is 24.3 Å². The van der Waals surface area contributed by atoms with Crippen LogP contribution in [0.1, 0.15) is 18.4 Å². The van der Waals surface area contributed by atoms with E-state index in [0.29, 0.717) is 5.69 Å². The maximum Gasteiger partial charge on any atom is 0.408 e. The number of nitrogens with one attached hydrogen (secondary N) is 1. The number of carbonyl (C=O) groups excluding carboxylic acids is 1. The van der Waals surface area contributed by atoms with Crippen LogP contribution >= 0.6 is 0 Å². The quantitative estimate of drug-likeness (QED) is 0.838. The average molecular weight is 275 g/mol. The van der Waals surface area contributed by atoms with E-state index in [1.54, 1.807) is 24.3 Å². The third kappa shape index (κ3) is 5.19. The minimum absolute atomic E-state index is 0.278. The van der Waals surface area contributed by atoms with E-state index in [2.05, 4.69) is 10.1 Å². The normalized spacial score (nSPS) is 12.9. The number of aryl methyl sites for hydroxylation is 1. The minimum atomic E-state index is -4.42. The summed E-state index contributed by atoms with van der Waals surface area (Å²) in [6.45, 7) is 1.85. The molecule has 19 heavy (non-hydrogen) atoms. The van der Waals surface area contributed by atoms with Crippen LogP contribution in [0.25, 0.3) is 0 Å². The van der Waals surface area contributed by atoms with Gasteiger partial charge in [-0.3, -0.25) is 4.79 Å². The highest BCUT2D eigenvalue weighted by Crippen LogP contribution is 2.27. The van der Waals surface area contributed by atoms with Crippen molar-refractivity contribution in [1.29, 1.82) is 0 Å². The molecule has 0 unspecified atom stereocenters. The molecule has 0 saturated heterocycles. The third-order valence-electron chi connectivity index (χ3n) is 2.65. The zero-order valence-corrected chi connectivity index (χ0v) is 10.8. The first-order valence-electron chi connectivity index (χ1n) is 5.79. The van der Waals surface area contributed by atoms with Crippen molar-refractivity contribution in [1.82, 2.24) is 0 Å². The van der Waals surface area contributed by atoms with Crippen LogP contribution in [0.2, 0.25) is 0 Å². The maximum atomic E-state index is 12.8. The second-order valence-corrected chi connectivity index (χ2v) is 4.22. The summed E-state index contributed by atoms with van der Waals surface area (Å²) >= 11 is 0. The molecule has 1 rings (SSSR count). The first-order valence-corrected chi connectivity index (χ1v) is 5.79. The first-order chi connectivity index (χ1) is 8.82. The standard InChI is InChI=1S/C13H16F3NO2/c1-9-3-5-10(6-4-9)17-11(13(14,15)16)7-8-12(18)19-2/h3-6,11,17H,7-8H2,1-2H3/t11-/m0/s1. The molecule has 1 aromatic rings. The Balaban J connectivity index is 2.69. The van der Waals surface area contributed by atoms with E-state index in [4.69, 9.17) is 0 Å². The molecular formula is C13H16F3NO2. The highest BCUT2D eigenvalue weighted by Gasteiger charge is 2.39. The Hall–Kier alpha value is -1.72. The van der Waals surface area contributed by atoms with Crippen molar-refractivity contribution in [3.63, 3.8) is 0 Å². The van der Waals surface area contributed by atoms with Gasteiger partial charge in [0.15, 0.2) is 0 Å². The van der Waals surface area contributed by atoms with Gasteiger partial charge in [-0.2, -0.15) is 13.2 Å². The van der Waals surface area contributed by atoms with Gasteiger partial charge in [-0.1, -0.05) is 17.7 Å². The number of halogens is 3. The van der Waals surface area contributed by atoms with Crippen LogP contribution in [0, 0.1) is 6.92 Å². The molecule has 0 aliphatic heterocycles. The smallest absolute Gasteiger partial charge is 0.408 e. The van der Waals surface area contributed by atoms with Crippen molar-refractivity contribution >= 4 is 11.7 Å². The molecule has 0 aliphatic rings. The van der Waals surface area contributed by atoms with E-state index in [-0.39, 0.29) is 12.8 Å². The molecule has 1 N–H and O–H groups in total. The zero-order chi connectivity index (χ0) is 14.5. The molecule has 0 amide bonds. The fraction of sp³-hybridized carbons (Fsp3) is 0.462. The summed E-state index contributed by atoms with van der Waals surface area (Å²) in [7, 11) is 1.15. The van der Waals surface area contributed by atoms with E-state index >= 15 is 0 Å². The second-order valence-electron chi connectivity index (χ2n) is 4.22. The molecule has 3 nitrogen and oxygen atoms in total. The summed E-state index contributed by atoms with van der Waals surface area (Å²) in [5.41, 5.74) is 1.33. The zero-order valence-electron chi connectivity index (χ0n) is 10.8. The third-order valence-corrected chi connectivity index (χ3v) is 2.65. The van der Waals surface area contributed by atoms with Crippen LogP contribution in [0.3, 0.4) is 0 Å². The largest absolute Gasteiger partial charge is 0.469 e. The lowest BCUT2D eigenvalue weighted by Crippen LogP contribution is -2.36. The van der Waals surface area contributed by atoms with Gasteiger partial charge in [-0.05, 0) is 25.5 Å². The molecule has 106 valence electrons. The topological polar surface area (TPSA) is 38.3 Å². The van der Waals surface area contributed by atoms with Crippen LogP contribution in [0.4, 0.5) is 18.9 Å². The summed E-state index contributed by atoms with van der Waals surface area (Å²) in [5.74, 6) is -0.653. The number of alkyl halides is 3. The molecule has 6 heteroatoms. The Morgan fingerprint density at radius 1 is 1.32 bits per heavy atom. The van der Waals surface area contributed by atoms with E-state index in [0.717, 1.165) is 12.7 Å². The molecule has 0 aliphatic carbocycles. The SMILES string of the molecule is COC(=O)CC[C@H](Nc1ccc(C)cc1)C(F)(F)F. The van der Waals surface area contributed by atoms with Gasteiger partial charge in [0.25, 0.3) is 0 Å². The van der Waals surface area contributed by atoms with E-state index in [1.165, 1.54) is 0 Å². The van der Waals surface area contributed by atoms with Crippen molar-refractivity contribution < 1.29 is 22.7 Å². The number of hydrogen-bond donors (Lipinski definition) is 1. The van der Waals surface area contributed by atoms with E-state index in [9.17, 15) is 18.0 Å². The van der Waals surface area contributed by atoms with Gasteiger partial charge in [-0.25, -0.2) is 0 Å². The molecular weight excluding hydrogens is 259 g/mol. The van der Waals surface area contributed by atoms with Crippen molar-refractivity contribution in [3.05, 3.63) is 29.8 Å². The van der Waals surface area contributed by atoms with Gasteiger partial charge in [0.2, 0.25) is 0 Å². The number of hydrogen-bond acceptors (Lipinski definition) is 3. The molecule has 0 heterocycles. The number of carbonyl (C=O) groups is 1. The van der Waals surface area contributed by atoms with E-state index in [1.807, 2.05) is 6.92 Å². The Kier molecular flexibility index (Phi) is 5.20. The number of methoxy groups -OCH3 is 1. The summed E-state index contributed by atoms with van der Waals surface area (Å²) in [6.07, 6.45) is -5.05. The average Bonchev–Trinajstić information content (AvgIpc) is 2.34. The molecule has 0 radical (unpaired) electrons. The predicted molar refractivity (Wildman–Crippen MR) is 65.9 cm³/mol. The number of ether oxygens (including phenoxy) is 1. The number of anilines is 1. The number of esters is 1. The van der Waals surface area contributed by atoms with Gasteiger partial charge in [-0.15, -0.1) is 0 Å². The second kappa shape index (κ2) is 6.45. The molecule has 1 aromatic carbocycles. The summed E-state index contributed by atoms with van der Waals surface area (Å²) in [5, 5.41) is 2.39. The number of benzene rings is 1. The van der Waals surface area contributed by atoms with Crippen LogP contribution < -0.4 is 5.32 Å². The number of rotatable bonds is 5. The lowest BCUT2D eigenvalue weighted by Gasteiger charge is -2.22. The monoisotopic (exact) mass is 275 g/mol. The van der Waals surface area contributed by atoms with Gasteiger partial charge in [0.1, 0.15) is 6.04 Å². The van der Waals surface area contributed by atoms with Crippen molar-refractivity contribution in [3.8, 4) is 0 Å². The Bertz CT molecular complexity index is 415.